The minimum atomic E-state index is -0.225. The quantitative estimate of drug-likeness (QED) is 0.429. The number of hydrogen-bond donors (Lipinski definition) is 2. The first-order valence-corrected chi connectivity index (χ1v) is 11.7. The molecule has 2 N–H and O–H groups in total. The van der Waals surface area contributed by atoms with Crippen LogP contribution in [-0.2, 0) is 9.59 Å². The number of carbonyl (C=O) groups is 2. The van der Waals surface area contributed by atoms with Crippen molar-refractivity contribution in [1.82, 2.24) is 20.8 Å². The molecule has 1 aliphatic carbocycles. The lowest BCUT2D eigenvalue weighted by molar-refractivity contribution is -0.131. The zero-order valence-electron chi connectivity index (χ0n) is 16.9. The van der Waals surface area contributed by atoms with E-state index in [1.54, 1.807) is 11.3 Å². The SMILES string of the molecule is Cc1sc2nc(C(C)C)nc(SCC(=O)NNC(=O)C3CCCCC3)c2c1C. The number of fused-ring (bicyclic) bond motifs is 1. The summed E-state index contributed by atoms with van der Waals surface area (Å²) < 4.78 is 0. The van der Waals surface area contributed by atoms with E-state index in [1.807, 2.05) is 0 Å². The number of amides is 2. The van der Waals surface area contributed by atoms with Gasteiger partial charge in [0.1, 0.15) is 15.7 Å². The van der Waals surface area contributed by atoms with Crippen LogP contribution in [0.1, 0.15) is 68.1 Å². The van der Waals surface area contributed by atoms with Gasteiger partial charge in [-0.15, -0.1) is 11.3 Å². The van der Waals surface area contributed by atoms with Gasteiger partial charge in [-0.05, 0) is 32.3 Å². The van der Waals surface area contributed by atoms with Crippen molar-refractivity contribution >= 4 is 45.1 Å². The second kappa shape index (κ2) is 9.22. The fraction of sp³-hybridized carbons (Fsp3) is 0.600. The Morgan fingerprint density at radius 1 is 1.14 bits per heavy atom. The maximum Gasteiger partial charge on any atom is 0.248 e. The minimum absolute atomic E-state index is 0.0215. The van der Waals surface area contributed by atoms with Crippen LogP contribution in [0.4, 0.5) is 0 Å². The molecular formula is C20H28N4O2S2. The smallest absolute Gasteiger partial charge is 0.248 e. The van der Waals surface area contributed by atoms with Crippen molar-refractivity contribution in [1.29, 1.82) is 0 Å². The molecule has 8 heteroatoms. The molecule has 6 nitrogen and oxygen atoms in total. The zero-order chi connectivity index (χ0) is 20.3. The highest BCUT2D eigenvalue weighted by Gasteiger charge is 2.22. The molecule has 2 heterocycles. The van der Waals surface area contributed by atoms with Crippen LogP contribution in [0.2, 0.25) is 0 Å². The Bertz CT molecular complexity index is 873. The van der Waals surface area contributed by atoms with Crippen molar-refractivity contribution in [3.05, 3.63) is 16.3 Å². The summed E-state index contributed by atoms with van der Waals surface area (Å²) in [6, 6.07) is 0. The van der Waals surface area contributed by atoms with Gasteiger partial charge in [-0.25, -0.2) is 9.97 Å². The number of thioether (sulfide) groups is 1. The summed E-state index contributed by atoms with van der Waals surface area (Å²) in [6.45, 7) is 8.28. The number of thiophene rings is 1. The Morgan fingerprint density at radius 3 is 2.54 bits per heavy atom. The van der Waals surface area contributed by atoms with E-state index in [4.69, 9.17) is 9.97 Å². The van der Waals surface area contributed by atoms with E-state index < -0.39 is 0 Å². The highest BCUT2D eigenvalue weighted by molar-refractivity contribution is 8.00. The van der Waals surface area contributed by atoms with Crippen LogP contribution in [0, 0.1) is 19.8 Å². The minimum Gasteiger partial charge on any atom is -0.273 e. The molecule has 152 valence electrons. The van der Waals surface area contributed by atoms with Crippen LogP contribution in [0.25, 0.3) is 10.2 Å². The highest BCUT2D eigenvalue weighted by Crippen LogP contribution is 2.36. The van der Waals surface area contributed by atoms with Crippen LogP contribution in [0.3, 0.4) is 0 Å². The Morgan fingerprint density at radius 2 is 1.86 bits per heavy atom. The Hall–Kier alpha value is -1.67. The van der Waals surface area contributed by atoms with Crippen LogP contribution < -0.4 is 10.9 Å². The second-order valence-corrected chi connectivity index (χ2v) is 9.83. The monoisotopic (exact) mass is 420 g/mol. The molecule has 2 aromatic rings. The molecule has 1 aliphatic rings. The summed E-state index contributed by atoms with van der Waals surface area (Å²) in [5.74, 6) is 0.930. The third-order valence-corrected chi connectivity index (χ3v) is 7.25. The van der Waals surface area contributed by atoms with Gasteiger partial charge >= 0.3 is 0 Å². The third-order valence-electron chi connectivity index (χ3n) is 5.17. The predicted octanol–water partition coefficient (Wildman–Crippen LogP) is 4.25. The van der Waals surface area contributed by atoms with E-state index in [1.165, 1.54) is 28.6 Å². The summed E-state index contributed by atoms with van der Waals surface area (Å²) in [5.41, 5.74) is 6.31. The first kappa shape index (κ1) is 21.0. The molecule has 0 atom stereocenters. The maximum absolute atomic E-state index is 12.3. The van der Waals surface area contributed by atoms with Gasteiger partial charge in [0, 0.05) is 22.1 Å². The zero-order valence-corrected chi connectivity index (χ0v) is 18.6. The summed E-state index contributed by atoms with van der Waals surface area (Å²) in [5, 5.41) is 1.88. The number of aromatic nitrogens is 2. The van der Waals surface area contributed by atoms with Crippen molar-refractivity contribution < 1.29 is 9.59 Å². The molecule has 2 aromatic heterocycles. The van der Waals surface area contributed by atoms with Gasteiger partial charge in [0.2, 0.25) is 11.8 Å². The molecule has 1 saturated carbocycles. The number of nitrogens with zero attached hydrogens (tertiary/aromatic N) is 2. The van der Waals surface area contributed by atoms with Crippen LogP contribution >= 0.6 is 23.1 Å². The summed E-state index contributed by atoms with van der Waals surface area (Å²) in [6.07, 6.45) is 5.18. The largest absolute Gasteiger partial charge is 0.273 e. The van der Waals surface area contributed by atoms with E-state index >= 15 is 0 Å². The fourth-order valence-electron chi connectivity index (χ4n) is 3.36. The van der Waals surface area contributed by atoms with Crippen molar-refractivity contribution in [2.24, 2.45) is 5.92 Å². The highest BCUT2D eigenvalue weighted by atomic mass is 32.2. The normalized spacial score (nSPS) is 15.2. The lowest BCUT2D eigenvalue weighted by Gasteiger charge is -2.20. The molecule has 1 fully saturated rings. The van der Waals surface area contributed by atoms with Crippen molar-refractivity contribution in [3.63, 3.8) is 0 Å². The Balaban J connectivity index is 1.64. The van der Waals surface area contributed by atoms with Gasteiger partial charge in [-0.2, -0.15) is 0 Å². The Kier molecular flexibility index (Phi) is 6.93. The average molecular weight is 421 g/mol. The standard InChI is InChI=1S/C20H28N4O2S2/c1-11(2)17-21-19(16-12(3)13(4)28-20(16)22-17)27-10-15(25)23-24-18(26)14-8-6-5-7-9-14/h11,14H,5-10H2,1-4H3,(H,23,25)(H,24,26). The molecule has 3 rings (SSSR count). The summed E-state index contributed by atoms with van der Waals surface area (Å²) in [7, 11) is 0. The number of nitrogens with one attached hydrogen (secondary N) is 2. The van der Waals surface area contributed by atoms with E-state index in [9.17, 15) is 9.59 Å². The molecule has 0 spiro atoms. The van der Waals surface area contributed by atoms with Crippen molar-refractivity contribution in [2.45, 2.75) is 70.7 Å². The van der Waals surface area contributed by atoms with Crippen LogP contribution in [0.15, 0.2) is 5.03 Å². The van der Waals surface area contributed by atoms with Crippen LogP contribution in [-0.4, -0.2) is 27.5 Å². The van der Waals surface area contributed by atoms with Gasteiger partial charge < -0.3 is 0 Å². The number of aryl methyl sites for hydroxylation is 2. The van der Waals surface area contributed by atoms with Crippen molar-refractivity contribution in [3.8, 4) is 0 Å². The molecule has 0 bridgehead atoms. The first-order chi connectivity index (χ1) is 13.4. The lowest BCUT2D eigenvalue weighted by Crippen LogP contribution is -2.45. The molecule has 0 saturated heterocycles. The Labute approximate surface area is 174 Å². The van der Waals surface area contributed by atoms with Crippen molar-refractivity contribution in [2.75, 3.05) is 5.75 Å². The average Bonchev–Trinajstić information content (AvgIpc) is 2.98. The lowest BCUT2D eigenvalue weighted by atomic mass is 9.89. The molecular weight excluding hydrogens is 392 g/mol. The topological polar surface area (TPSA) is 84.0 Å². The molecule has 0 unspecified atom stereocenters. The fourth-order valence-corrected chi connectivity index (χ4v) is 5.35. The molecule has 0 radical (unpaired) electrons. The van der Waals surface area contributed by atoms with Gasteiger partial charge in [0.05, 0.1) is 5.75 Å². The second-order valence-electron chi connectivity index (χ2n) is 7.67. The van der Waals surface area contributed by atoms with E-state index in [-0.39, 0.29) is 29.4 Å². The van der Waals surface area contributed by atoms with E-state index in [2.05, 4.69) is 38.5 Å². The number of hydrogen-bond acceptors (Lipinski definition) is 6. The predicted molar refractivity (Wildman–Crippen MR) is 115 cm³/mol. The molecule has 0 aliphatic heterocycles. The molecule has 2 amide bonds. The van der Waals surface area contributed by atoms with E-state index in [0.717, 1.165) is 46.8 Å². The van der Waals surface area contributed by atoms with Gasteiger partial charge in [-0.3, -0.25) is 20.4 Å². The molecule has 28 heavy (non-hydrogen) atoms. The third kappa shape index (κ3) is 4.84. The summed E-state index contributed by atoms with van der Waals surface area (Å²) >= 11 is 3.06. The summed E-state index contributed by atoms with van der Waals surface area (Å²) in [4.78, 5) is 36.0. The number of rotatable bonds is 5. The first-order valence-electron chi connectivity index (χ1n) is 9.86. The van der Waals surface area contributed by atoms with Gasteiger partial charge in [0.25, 0.3) is 0 Å². The molecule has 0 aromatic carbocycles. The number of hydrazine groups is 1. The van der Waals surface area contributed by atoms with Gasteiger partial charge in [-0.1, -0.05) is 44.9 Å². The van der Waals surface area contributed by atoms with Gasteiger partial charge in [0.15, 0.2) is 0 Å². The number of carbonyl (C=O) groups excluding carboxylic acids is 2. The van der Waals surface area contributed by atoms with E-state index in [0.29, 0.717) is 0 Å². The maximum atomic E-state index is 12.3. The van der Waals surface area contributed by atoms with Crippen LogP contribution in [0.5, 0.6) is 0 Å².